The molecule has 0 saturated heterocycles. The van der Waals surface area contributed by atoms with E-state index in [0.29, 0.717) is 36.9 Å². The summed E-state index contributed by atoms with van der Waals surface area (Å²) >= 11 is 0. The van der Waals surface area contributed by atoms with Crippen molar-refractivity contribution in [2.24, 2.45) is 50.2 Å². The highest BCUT2D eigenvalue weighted by atomic mass is 16.5. The number of esters is 1. The molecule has 5 heteroatoms. The maximum atomic E-state index is 13.1. The van der Waals surface area contributed by atoms with E-state index in [0.717, 1.165) is 38.5 Å². The molecule has 0 aromatic rings. The molecule has 0 heterocycles. The molecule has 0 aliphatic heterocycles. The number of rotatable bonds is 2. The predicted molar refractivity (Wildman–Crippen MR) is 143 cm³/mol. The number of ketones is 1. The Kier molecular flexibility index (Phi) is 5.78. The van der Waals surface area contributed by atoms with E-state index in [1.54, 1.807) is 0 Å². The minimum Gasteiger partial charge on any atom is -0.481 e. The van der Waals surface area contributed by atoms with Crippen LogP contribution in [-0.4, -0.2) is 28.9 Å². The molecule has 206 valence electrons. The van der Waals surface area contributed by atoms with E-state index in [1.807, 2.05) is 0 Å². The van der Waals surface area contributed by atoms with Crippen molar-refractivity contribution < 1.29 is 24.2 Å². The van der Waals surface area contributed by atoms with Gasteiger partial charge in [-0.05, 0) is 84.9 Å². The number of carbonyl (C=O) groups is 3. The molecule has 5 rings (SSSR count). The second kappa shape index (κ2) is 7.94. The second-order valence-electron chi connectivity index (χ2n) is 15.5. The lowest BCUT2D eigenvalue weighted by atomic mass is 9.33. The van der Waals surface area contributed by atoms with E-state index in [-0.39, 0.29) is 39.0 Å². The fourth-order valence-electron chi connectivity index (χ4n) is 10.9. The van der Waals surface area contributed by atoms with Crippen LogP contribution < -0.4 is 0 Å². The van der Waals surface area contributed by atoms with Crippen LogP contribution in [0.2, 0.25) is 0 Å². The maximum Gasteiger partial charge on any atom is 0.314 e. The molecule has 0 unspecified atom stereocenters. The summed E-state index contributed by atoms with van der Waals surface area (Å²) in [4.78, 5) is 38.2. The van der Waals surface area contributed by atoms with Gasteiger partial charge in [0.05, 0.1) is 0 Å². The Morgan fingerprint density at radius 3 is 2.24 bits per heavy atom. The first-order chi connectivity index (χ1) is 17.0. The fraction of sp³-hybridized carbons (Fsp3) is 0.844. The SMILES string of the molecule is CC(=O)O[C@@H]1CC(C)(C)C[C@H]2C3=CC[C@@H]4[C@@]5(C)CCC(=O)C(C)(C)[C@@H]5CC[C@@]4(C)[C@]3(C)CC[C@@]12C(=O)O. The van der Waals surface area contributed by atoms with Crippen molar-refractivity contribution in [3.8, 4) is 0 Å². The van der Waals surface area contributed by atoms with Crippen molar-refractivity contribution in [1.82, 2.24) is 0 Å². The number of aliphatic carboxylic acids is 1. The molecule has 0 amide bonds. The fourth-order valence-corrected chi connectivity index (χ4v) is 10.9. The third-order valence-corrected chi connectivity index (χ3v) is 13.1. The Hall–Kier alpha value is -1.65. The summed E-state index contributed by atoms with van der Waals surface area (Å²) in [6.45, 7) is 17.5. The molecule has 4 saturated carbocycles. The van der Waals surface area contributed by atoms with E-state index >= 15 is 0 Å². The third kappa shape index (κ3) is 3.37. The lowest BCUT2D eigenvalue weighted by Gasteiger charge is -2.70. The molecule has 5 aliphatic rings. The number of carboxylic acids is 1. The molecule has 1 N–H and O–H groups in total. The van der Waals surface area contributed by atoms with Crippen LogP contribution in [0.1, 0.15) is 113 Å². The molecule has 0 bridgehead atoms. The van der Waals surface area contributed by atoms with Gasteiger partial charge in [0, 0.05) is 24.7 Å². The van der Waals surface area contributed by atoms with Crippen LogP contribution in [0.5, 0.6) is 0 Å². The number of hydrogen-bond acceptors (Lipinski definition) is 4. The number of carbonyl (C=O) groups excluding carboxylic acids is 2. The highest BCUT2D eigenvalue weighted by molar-refractivity contribution is 5.85. The molecular weight excluding hydrogens is 464 g/mol. The van der Waals surface area contributed by atoms with Crippen LogP contribution in [0.25, 0.3) is 0 Å². The van der Waals surface area contributed by atoms with Gasteiger partial charge in [-0.25, -0.2) is 0 Å². The summed E-state index contributed by atoms with van der Waals surface area (Å²) in [5.41, 5.74) is -0.0979. The van der Waals surface area contributed by atoms with Crippen LogP contribution in [0, 0.1) is 50.2 Å². The predicted octanol–water partition coefficient (Wildman–Crippen LogP) is 6.98. The standard InChI is InChI=1S/C32H48O5/c1-19(33)37-25-18-27(2,3)17-21-20-9-10-23-29(6)13-12-24(34)28(4,5)22(29)11-14-31(23,8)30(20,7)15-16-32(21,25)26(35)36/h9,21-23,25H,10-18H2,1-8H3,(H,35,36)/t21-,22-,23+,25+,29-,30+,31+,32-/m0/s1. The van der Waals surface area contributed by atoms with Crippen LogP contribution >= 0.6 is 0 Å². The number of fused-ring (bicyclic) bond motifs is 7. The Balaban J connectivity index is 1.62. The van der Waals surface area contributed by atoms with Crippen molar-refractivity contribution in [3.63, 3.8) is 0 Å². The van der Waals surface area contributed by atoms with Crippen LogP contribution in [-0.2, 0) is 19.1 Å². The molecule has 37 heavy (non-hydrogen) atoms. The molecule has 5 aliphatic carbocycles. The van der Waals surface area contributed by atoms with Gasteiger partial charge in [0.2, 0.25) is 0 Å². The lowest BCUT2D eigenvalue weighted by Crippen LogP contribution is -2.66. The molecule has 8 atom stereocenters. The summed E-state index contributed by atoms with van der Waals surface area (Å²) in [5.74, 6) is -0.0516. The smallest absolute Gasteiger partial charge is 0.314 e. The van der Waals surface area contributed by atoms with E-state index < -0.39 is 17.5 Å². The van der Waals surface area contributed by atoms with Gasteiger partial charge < -0.3 is 9.84 Å². The van der Waals surface area contributed by atoms with Gasteiger partial charge in [-0.1, -0.05) is 60.1 Å². The number of carboxylic acid groups (broad SMARTS) is 1. The van der Waals surface area contributed by atoms with Crippen molar-refractivity contribution in [2.45, 2.75) is 119 Å². The van der Waals surface area contributed by atoms with Crippen molar-refractivity contribution >= 4 is 17.7 Å². The Bertz CT molecular complexity index is 1070. The van der Waals surface area contributed by atoms with Gasteiger partial charge in [0.25, 0.3) is 0 Å². The summed E-state index contributed by atoms with van der Waals surface area (Å²) in [7, 11) is 0. The van der Waals surface area contributed by atoms with Crippen LogP contribution in [0.15, 0.2) is 11.6 Å². The molecule has 0 aromatic carbocycles. The summed E-state index contributed by atoms with van der Waals surface area (Å²) in [6, 6.07) is 0. The molecular formula is C32H48O5. The van der Waals surface area contributed by atoms with E-state index in [2.05, 4.69) is 54.5 Å². The number of ether oxygens (including phenoxy) is 1. The minimum atomic E-state index is -1.06. The van der Waals surface area contributed by atoms with E-state index in [1.165, 1.54) is 12.5 Å². The largest absolute Gasteiger partial charge is 0.481 e. The maximum absolute atomic E-state index is 13.1. The van der Waals surface area contributed by atoms with Crippen LogP contribution in [0.4, 0.5) is 0 Å². The zero-order valence-corrected chi connectivity index (χ0v) is 24.3. The highest BCUT2D eigenvalue weighted by Crippen LogP contribution is 2.75. The Morgan fingerprint density at radius 2 is 1.62 bits per heavy atom. The van der Waals surface area contributed by atoms with Crippen molar-refractivity contribution in [1.29, 1.82) is 0 Å². The zero-order valence-electron chi connectivity index (χ0n) is 24.3. The molecule has 0 spiro atoms. The minimum absolute atomic E-state index is 0.0436. The van der Waals surface area contributed by atoms with E-state index in [4.69, 9.17) is 4.74 Å². The highest BCUT2D eigenvalue weighted by Gasteiger charge is 2.71. The summed E-state index contributed by atoms with van der Waals surface area (Å²) < 4.78 is 5.85. The zero-order chi connectivity index (χ0) is 27.4. The third-order valence-electron chi connectivity index (χ3n) is 13.1. The average Bonchev–Trinajstić information content (AvgIpc) is 2.76. The van der Waals surface area contributed by atoms with E-state index in [9.17, 15) is 19.5 Å². The first kappa shape index (κ1) is 26.9. The normalized spacial score (nSPS) is 47.9. The van der Waals surface area contributed by atoms with Crippen molar-refractivity contribution in [3.05, 3.63) is 11.6 Å². The van der Waals surface area contributed by atoms with Gasteiger partial charge in [-0.3, -0.25) is 14.4 Å². The average molecular weight is 513 g/mol. The molecule has 4 fully saturated rings. The van der Waals surface area contributed by atoms with Gasteiger partial charge in [0.15, 0.2) is 0 Å². The number of allylic oxidation sites excluding steroid dienone is 2. The van der Waals surface area contributed by atoms with Gasteiger partial charge in [-0.2, -0.15) is 0 Å². The van der Waals surface area contributed by atoms with Crippen LogP contribution in [0.3, 0.4) is 0 Å². The lowest BCUT2D eigenvalue weighted by molar-refractivity contribution is -0.206. The molecule has 5 nitrogen and oxygen atoms in total. The number of hydrogen-bond donors (Lipinski definition) is 1. The quantitative estimate of drug-likeness (QED) is 0.319. The monoisotopic (exact) mass is 512 g/mol. The first-order valence-corrected chi connectivity index (χ1v) is 14.6. The van der Waals surface area contributed by atoms with Gasteiger partial charge in [-0.15, -0.1) is 0 Å². The Morgan fingerprint density at radius 1 is 0.946 bits per heavy atom. The topological polar surface area (TPSA) is 80.7 Å². The Labute approximate surface area is 223 Å². The summed E-state index contributed by atoms with van der Waals surface area (Å²) in [5, 5.41) is 10.8. The second-order valence-corrected chi connectivity index (χ2v) is 15.5. The van der Waals surface area contributed by atoms with Gasteiger partial charge in [0.1, 0.15) is 17.3 Å². The van der Waals surface area contributed by atoms with Gasteiger partial charge >= 0.3 is 11.9 Å². The van der Waals surface area contributed by atoms with Crippen molar-refractivity contribution in [2.75, 3.05) is 0 Å². The molecule has 0 aromatic heterocycles. The number of Topliss-reactive ketones (excluding diaryl/α,β-unsaturated/α-hetero) is 1. The first-order valence-electron chi connectivity index (χ1n) is 14.6. The molecule has 0 radical (unpaired) electrons. The summed E-state index contributed by atoms with van der Waals surface area (Å²) in [6.07, 6.45) is 9.27.